The quantitative estimate of drug-likeness (QED) is 0.388. The molecule has 4 aliphatic rings. The molecule has 22 heavy (non-hydrogen) atoms. The van der Waals surface area contributed by atoms with Gasteiger partial charge in [0.05, 0.1) is 24.4 Å². The lowest BCUT2D eigenvalue weighted by atomic mass is 9.51. The summed E-state index contributed by atoms with van der Waals surface area (Å²) in [7, 11) is 0. The van der Waals surface area contributed by atoms with Crippen LogP contribution in [0.4, 0.5) is 0 Å². The van der Waals surface area contributed by atoms with Gasteiger partial charge in [-0.1, -0.05) is 44.0 Å². The normalized spacial score (nSPS) is 38.4. The molecule has 0 heterocycles. The van der Waals surface area contributed by atoms with Crippen molar-refractivity contribution >= 4 is 43.8 Å². The summed E-state index contributed by atoms with van der Waals surface area (Å²) in [5.41, 5.74) is 0.996. The summed E-state index contributed by atoms with van der Waals surface area (Å²) in [6.07, 6.45) is 4.10. The summed E-state index contributed by atoms with van der Waals surface area (Å²) >= 11 is 7.40. The number of ether oxygens (including phenoxy) is 2. The molecule has 0 amide bonds. The topological polar surface area (TPSA) is 52.6 Å². The van der Waals surface area contributed by atoms with Crippen molar-refractivity contribution in [1.29, 1.82) is 0 Å². The van der Waals surface area contributed by atoms with Crippen LogP contribution in [0.2, 0.25) is 0 Å². The fraction of sp³-hybridized carbons (Fsp3) is 0.625. The van der Waals surface area contributed by atoms with Crippen LogP contribution >= 0.6 is 31.9 Å². The number of esters is 2. The van der Waals surface area contributed by atoms with Crippen LogP contribution in [0.3, 0.4) is 0 Å². The molecule has 0 aromatic carbocycles. The highest BCUT2D eigenvalue weighted by atomic mass is 79.9. The van der Waals surface area contributed by atoms with E-state index < -0.39 is 0 Å². The van der Waals surface area contributed by atoms with Crippen LogP contribution in [0, 0.1) is 23.7 Å². The Balaban J connectivity index is 2.05. The van der Waals surface area contributed by atoms with Gasteiger partial charge >= 0.3 is 11.9 Å². The zero-order valence-corrected chi connectivity index (χ0v) is 15.6. The molecular formula is C16H18Br2O4. The second kappa shape index (κ2) is 6.11. The average Bonchev–Trinajstić information content (AvgIpc) is 2.53. The van der Waals surface area contributed by atoms with Crippen LogP contribution < -0.4 is 0 Å². The fourth-order valence-electron chi connectivity index (χ4n) is 3.92. The van der Waals surface area contributed by atoms with Crippen molar-refractivity contribution in [2.75, 3.05) is 13.2 Å². The average molecular weight is 434 g/mol. The number of rotatable bonds is 4. The third-order valence-electron chi connectivity index (χ3n) is 4.79. The third kappa shape index (κ3) is 2.21. The molecule has 4 rings (SSSR count). The Bertz CT molecular complexity index is 520. The van der Waals surface area contributed by atoms with Crippen LogP contribution in [0.1, 0.15) is 13.8 Å². The Hall–Kier alpha value is -0.620. The molecule has 2 bridgehead atoms. The van der Waals surface area contributed by atoms with Crippen molar-refractivity contribution in [1.82, 2.24) is 0 Å². The maximum atomic E-state index is 12.4. The summed E-state index contributed by atoms with van der Waals surface area (Å²) in [6, 6.07) is 0. The maximum absolute atomic E-state index is 12.4. The van der Waals surface area contributed by atoms with Crippen molar-refractivity contribution < 1.29 is 19.1 Å². The molecule has 6 atom stereocenters. The molecule has 0 saturated heterocycles. The minimum absolute atomic E-state index is 0.0772. The first-order valence-electron chi connectivity index (χ1n) is 7.57. The van der Waals surface area contributed by atoms with Gasteiger partial charge in [-0.05, 0) is 25.7 Å². The van der Waals surface area contributed by atoms with E-state index in [1.807, 2.05) is 12.2 Å². The Morgan fingerprint density at radius 2 is 1.27 bits per heavy atom. The lowest BCUT2D eigenvalue weighted by molar-refractivity contribution is -0.144. The molecule has 4 nitrogen and oxygen atoms in total. The molecule has 0 spiro atoms. The molecule has 1 saturated carbocycles. The van der Waals surface area contributed by atoms with Gasteiger partial charge in [-0.15, -0.1) is 0 Å². The number of halogens is 2. The lowest BCUT2D eigenvalue weighted by Gasteiger charge is -2.58. The van der Waals surface area contributed by atoms with E-state index in [4.69, 9.17) is 9.47 Å². The smallest absolute Gasteiger partial charge is 0.335 e. The molecule has 0 unspecified atom stereocenters. The van der Waals surface area contributed by atoms with Gasteiger partial charge in [-0.3, -0.25) is 0 Å². The predicted molar refractivity (Wildman–Crippen MR) is 88.8 cm³/mol. The van der Waals surface area contributed by atoms with Crippen LogP contribution in [-0.2, 0) is 19.1 Å². The second-order valence-corrected chi connectivity index (χ2v) is 7.86. The van der Waals surface area contributed by atoms with E-state index in [1.165, 1.54) is 0 Å². The zero-order chi connectivity index (χ0) is 16.0. The Kier molecular flexibility index (Phi) is 4.52. The highest BCUT2D eigenvalue weighted by Gasteiger charge is 2.61. The Morgan fingerprint density at radius 3 is 1.59 bits per heavy atom. The van der Waals surface area contributed by atoms with Crippen LogP contribution in [0.25, 0.3) is 0 Å². The molecule has 0 aliphatic heterocycles. The minimum atomic E-state index is -0.388. The summed E-state index contributed by atoms with van der Waals surface area (Å²) in [4.78, 5) is 25.4. The van der Waals surface area contributed by atoms with E-state index in [9.17, 15) is 9.59 Å². The summed E-state index contributed by atoms with van der Waals surface area (Å²) < 4.78 is 10.4. The fourth-order valence-corrected chi connectivity index (χ4v) is 5.99. The van der Waals surface area contributed by atoms with Crippen LogP contribution in [0.15, 0.2) is 23.3 Å². The predicted octanol–water partition coefficient (Wildman–Crippen LogP) is 3.00. The molecule has 0 aromatic heterocycles. The number of carbonyl (C=O) groups is 2. The van der Waals surface area contributed by atoms with E-state index in [-0.39, 0.29) is 23.8 Å². The van der Waals surface area contributed by atoms with Crippen molar-refractivity contribution in [3.63, 3.8) is 0 Å². The SMILES string of the molecule is CCOC(=O)C1=C(C(=O)OCC)[C@H]2C=C[C@H]1[C@@H]1[C@H](Br)[C@@H](Br)[C@@H]12. The van der Waals surface area contributed by atoms with E-state index in [2.05, 4.69) is 31.9 Å². The lowest BCUT2D eigenvalue weighted by Crippen LogP contribution is -2.60. The van der Waals surface area contributed by atoms with Crippen molar-refractivity contribution in [2.24, 2.45) is 23.7 Å². The van der Waals surface area contributed by atoms with Crippen LogP contribution in [-0.4, -0.2) is 34.8 Å². The molecule has 120 valence electrons. The minimum Gasteiger partial charge on any atom is -0.463 e. The molecule has 0 aromatic rings. The second-order valence-electron chi connectivity index (χ2n) is 5.75. The van der Waals surface area contributed by atoms with Gasteiger partial charge in [0.15, 0.2) is 0 Å². The first kappa shape index (κ1) is 16.2. The van der Waals surface area contributed by atoms with Gasteiger partial charge in [-0.2, -0.15) is 0 Å². The van der Waals surface area contributed by atoms with Crippen LogP contribution in [0.5, 0.6) is 0 Å². The number of hydrogen-bond donors (Lipinski definition) is 0. The Labute approximate surface area is 146 Å². The van der Waals surface area contributed by atoms with E-state index in [1.54, 1.807) is 13.8 Å². The molecule has 1 fully saturated rings. The maximum Gasteiger partial charge on any atom is 0.335 e. The van der Waals surface area contributed by atoms with Crippen molar-refractivity contribution in [3.05, 3.63) is 23.3 Å². The Morgan fingerprint density at radius 1 is 0.909 bits per heavy atom. The van der Waals surface area contributed by atoms with E-state index in [0.717, 1.165) is 0 Å². The van der Waals surface area contributed by atoms with E-state index in [0.29, 0.717) is 45.9 Å². The van der Waals surface area contributed by atoms with Crippen molar-refractivity contribution in [2.45, 2.75) is 23.5 Å². The molecule has 6 heteroatoms. The van der Waals surface area contributed by atoms with Gasteiger partial charge in [0.1, 0.15) is 0 Å². The molecular weight excluding hydrogens is 416 g/mol. The third-order valence-corrected chi connectivity index (χ3v) is 7.86. The van der Waals surface area contributed by atoms with Crippen molar-refractivity contribution in [3.8, 4) is 0 Å². The zero-order valence-electron chi connectivity index (χ0n) is 12.4. The molecule has 0 radical (unpaired) electrons. The van der Waals surface area contributed by atoms with Gasteiger partial charge < -0.3 is 9.47 Å². The first-order chi connectivity index (χ1) is 10.5. The summed E-state index contributed by atoms with van der Waals surface area (Å²) in [5, 5.41) is 0. The number of hydrogen-bond acceptors (Lipinski definition) is 4. The molecule has 0 N–H and O–H groups in total. The standard InChI is InChI=1S/C16H18Br2O4/c1-3-21-15(19)11-7-5-6-8(12(11)16(20)22-4-2)10-9(7)13(17)14(10)18/h5-10,13-14H,3-4H2,1-2H3/t7-,8-,9-,10+,13-,14-/m0/s1. The number of allylic oxidation sites excluding steroid dienone is 2. The van der Waals surface area contributed by atoms with Gasteiger partial charge in [0.25, 0.3) is 0 Å². The molecule has 4 aliphatic carbocycles. The van der Waals surface area contributed by atoms with E-state index >= 15 is 0 Å². The summed E-state index contributed by atoms with van der Waals surface area (Å²) in [5.74, 6) is -0.297. The number of carbonyl (C=O) groups excluding carboxylic acids is 2. The van der Waals surface area contributed by atoms with Gasteiger partial charge in [0.2, 0.25) is 0 Å². The largest absolute Gasteiger partial charge is 0.463 e. The first-order valence-corrected chi connectivity index (χ1v) is 9.40. The number of alkyl halides is 2. The monoisotopic (exact) mass is 432 g/mol. The van der Waals surface area contributed by atoms with Gasteiger partial charge in [0, 0.05) is 21.5 Å². The highest BCUT2D eigenvalue weighted by Crippen LogP contribution is 2.61. The highest BCUT2D eigenvalue weighted by molar-refractivity contribution is 9.12. The summed E-state index contributed by atoms with van der Waals surface area (Å²) in [6.45, 7) is 4.14. The van der Waals surface area contributed by atoms with Gasteiger partial charge in [-0.25, -0.2) is 9.59 Å².